The van der Waals surface area contributed by atoms with Crippen molar-refractivity contribution in [1.82, 2.24) is 5.32 Å². The van der Waals surface area contributed by atoms with Gasteiger partial charge in [0.2, 0.25) is 0 Å². The summed E-state index contributed by atoms with van der Waals surface area (Å²) in [6.45, 7) is 2.01. The fraction of sp³-hybridized carbons (Fsp3) is 0.200. The largest absolute Gasteiger partial charge is 0.457 e. The fourth-order valence-corrected chi connectivity index (χ4v) is 2.42. The third-order valence-electron chi connectivity index (χ3n) is 3.11. The van der Waals surface area contributed by atoms with Gasteiger partial charge in [-0.15, -0.1) is 0 Å². The molecule has 0 unspecified atom stereocenters. The molecular weight excluding hydrogens is 290 g/mol. The molecule has 18 heavy (non-hydrogen) atoms. The number of nitrogens with one attached hydrogen (secondary N) is 1. The number of hydrogen-bond acceptors (Lipinski definition) is 2. The Kier molecular flexibility index (Phi) is 3.35. The van der Waals surface area contributed by atoms with E-state index in [0.29, 0.717) is 0 Å². The van der Waals surface area contributed by atoms with Gasteiger partial charge in [-0.2, -0.15) is 0 Å². The summed E-state index contributed by atoms with van der Waals surface area (Å²) in [7, 11) is 0. The molecule has 3 rings (SSSR count). The zero-order valence-corrected chi connectivity index (χ0v) is 11.5. The first-order valence-electron chi connectivity index (χ1n) is 6.07. The fourth-order valence-electron chi connectivity index (χ4n) is 2.16. The topological polar surface area (TPSA) is 21.3 Å². The Morgan fingerprint density at radius 1 is 0.944 bits per heavy atom. The molecule has 0 bridgehead atoms. The van der Waals surface area contributed by atoms with Gasteiger partial charge in [-0.1, -0.05) is 22.0 Å². The van der Waals surface area contributed by atoms with E-state index in [4.69, 9.17) is 4.74 Å². The molecule has 2 aromatic rings. The third-order valence-corrected chi connectivity index (χ3v) is 3.64. The number of ether oxygens (including phenoxy) is 1. The minimum Gasteiger partial charge on any atom is -0.457 e. The molecule has 0 fully saturated rings. The Bertz CT molecular complexity index is 551. The molecule has 2 aromatic carbocycles. The zero-order valence-electron chi connectivity index (χ0n) is 9.95. The van der Waals surface area contributed by atoms with E-state index in [1.54, 1.807) is 0 Å². The summed E-state index contributed by atoms with van der Waals surface area (Å²) in [4.78, 5) is 0. The second-order valence-corrected chi connectivity index (χ2v) is 5.33. The van der Waals surface area contributed by atoms with Gasteiger partial charge in [-0.3, -0.25) is 0 Å². The normalized spacial score (nSPS) is 14.1. The van der Waals surface area contributed by atoms with Crippen molar-refractivity contribution in [2.75, 3.05) is 6.54 Å². The van der Waals surface area contributed by atoms with Gasteiger partial charge in [0, 0.05) is 11.0 Å². The molecule has 1 heterocycles. The Hall–Kier alpha value is -1.32. The van der Waals surface area contributed by atoms with Gasteiger partial charge in [0.15, 0.2) is 0 Å². The predicted octanol–water partition coefficient (Wildman–Crippen LogP) is 3.89. The summed E-state index contributed by atoms with van der Waals surface area (Å²) in [5, 5.41) is 3.38. The molecule has 0 spiro atoms. The highest BCUT2D eigenvalue weighted by Crippen LogP contribution is 2.26. The maximum atomic E-state index is 5.85. The van der Waals surface area contributed by atoms with E-state index >= 15 is 0 Å². The predicted molar refractivity (Wildman–Crippen MR) is 76.1 cm³/mol. The Balaban J connectivity index is 1.82. The second kappa shape index (κ2) is 5.12. The van der Waals surface area contributed by atoms with Crippen molar-refractivity contribution < 1.29 is 4.74 Å². The second-order valence-electron chi connectivity index (χ2n) is 4.41. The molecule has 92 valence electrons. The van der Waals surface area contributed by atoms with Gasteiger partial charge in [0.05, 0.1) is 0 Å². The molecule has 0 amide bonds. The molecule has 2 nitrogen and oxygen atoms in total. The van der Waals surface area contributed by atoms with Gasteiger partial charge in [-0.05, 0) is 60.5 Å². The lowest BCUT2D eigenvalue weighted by Crippen LogP contribution is -2.23. The van der Waals surface area contributed by atoms with Gasteiger partial charge in [-0.25, -0.2) is 0 Å². The standard InChI is InChI=1S/C15H14BrNO/c16-13-2-5-14(6-3-13)18-15-4-1-11-7-8-17-10-12(11)9-15/h1-6,9,17H,7-8,10H2. The average Bonchev–Trinajstić information content (AvgIpc) is 2.41. The summed E-state index contributed by atoms with van der Waals surface area (Å²) in [5.41, 5.74) is 2.77. The van der Waals surface area contributed by atoms with Crippen LogP contribution in [-0.4, -0.2) is 6.54 Å². The Morgan fingerprint density at radius 2 is 1.72 bits per heavy atom. The van der Waals surface area contributed by atoms with Gasteiger partial charge < -0.3 is 10.1 Å². The molecule has 1 aliphatic rings. The van der Waals surface area contributed by atoms with E-state index in [1.165, 1.54) is 11.1 Å². The Morgan fingerprint density at radius 3 is 2.56 bits per heavy atom. The van der Waals surface area contributed by atoms with Crippen molar-refractivity contribution in [3.8, 4) is 11.5 Å². The minimum atomic E-state index is 0.863. The SMILES string of the molecule is Brc1ccc(Oc2ccc3c(c2)CNCC3)cc1. The quantitative estimate of drug-likeness (QED) is 0.909. The smallest absolute Gasteiger partial charge is 0.127 e. The van der Waals surface area contributed by atoms with Crippen molar-refractivity contribution in [3.05, 3.63) is 58.1 Å². The molecule has 3 heteroatoms. The lowest BCUT2D eigenvalue weighted by Gasteiger charge is -2.17. The van der Waals surface area contributed by atoms with Crippen LogP contribution >= 0.6 is 15.9 Å². The number of rotatable bonds is 2. The first kappa shape index (κ1) is 11.8. The van der Waals surface area contributed by atoms with Crippen LogP contribution in [0.4, 0.5) is 0 Å². The van der Waals surface area contributed by atoms with Crippen LogP contribution in [-0.2, 0) is 13.0 Å². The van der Waals surface area contributed by atoms with Gasteiger partial charge >= 0.3 is 0 Å². The molecule has 0 saturated carbocycles. The van der Waals surface area contributed by atoms with Crippen molar-refractivity contribution >= 4 is 15.9 Å². The van der Waals surface area contributed by atoms with Crippen molar-refractivity contribution in [1.29, 1.82) is 0 Å². The van der Waals surface area contributed by atoms with Crippen LogP contribution < -0.4 is 10.1 Å². The number of fused-ring (bicyclic) bond motifs is 1. The average molecular weight is 304 g/mol. The van der Waals surface area contributed by atoms with Gasteiger partial charge in [0.25, 0.3) is 0 Å². The summed E-state index contributed by atoms with van der Waals surface area (Å²) in [6.07, 6.45) is 1.11. The molecule has 0 radical (unpaired) electrons. The molecule has 0 aliphatic carbocycles. The van der Waals surface area contributed by atoms with E-state index in [0.717, 1.165) is 35.5 Å². The van der Waals surface area contributed by atoms with Crippen molar-refractivity contribution in [3.63, 3.8) is 0 Å². The first-order chi connectivity index (χ1) is 8.81. The zero-order chi connectivity index (χ0) is 12.4. The van der Waals surface area contributed by atoms with Crippen LogP contribution in [0, 0.1) is 0 Å². The van der Waals surface area contributed by atoms with E-state index < -0.39 is 0 Å². The minimum absolute atomic E-state index is 0.863. The molecular formula is C15H14BrNO. The maximum Gasteiger partial charge on any atom is 0.127 e. The molecule has 1 aliphatic heterocycles. The van der Waals surface area contributed by atoms with Crippen LogP contribution in [0.15, 0.2) is 46.9 Å². The number of benzene rings is 2. The van der Waals surface area contributed by atoms with Crippen LogP contribution in [0.5, 0.6) is 11.5 Å². The third kappa shape index (κ3) is 2.57. The van der Waals surface area contributed by atoms with E-state index in [9.17, 15) is 0 Å². The highest BCUT2D eigenvalue weighted by Gasteiger charge is 2.09. The maximum absolute atomic E-state index is 5.85. The Labute approximate surface area is 115 Å². The van der Waals surface area contributed by atoms with E-state index in [2.05, 4.69) is 33.4 Å². The van der Waals surface area contributed by atoms with Crippen molar-refractivity contribution in [2.24, 2.45) is 0 Å². The summed E-state index contributed by atoms with van der Waals surface area (Å²) in [5.74, 6) is 1.77. The lowest BCUT2D eigenvalue weighted by molar-refractivity contribution is 0.480. The first-order valence-corrected chi connectivity index (χ1v) is 6.86. The monoisotopic (exact) mass is 303 g/mol. The lowest BCUT2D eigenvalue weighted by atomic mass is 10.0. The van der Waals surface area contributed by atoms with E-state index in [1.807, 2.05) is 30.3 Å². The highest BCUT2D eigenvalue weighted by atomic mass is 79.9. The summed E-state index contributed by atoms with van der Waals surface area (Å²) >= 11 is 3.42. The number of hydrogen-bond donors (Lipinski definition) is 1. The van der Waals surface area contributed by atoms with Crippen LogP contribution in [0.2, 0.25) is 0 Å². The summed E-state index contributed by atoms with van der Waals surface area (Å²) < 4.78 is 6.91. The number of halogens is 1. The summed E-state index contributed by atoms with van der Waals surface area (Å²) in [6, 6.07) is 14.2. The molecule has 0 aromatic heterocycles. The van der Waals surface area contributed by atoms with Crippen LogP contribution in [0.1, 0.15) is 11.1 Å². The van der Waals surface area contributed by atoms with Crippen LogP contribution in [0.25, 0.3) is 0 Å². The highest BCUT2D eigenvalue weighted by molar-refractivity contribution is 9.10. The molecule has 1 N–H and O–H groups in total. The van der Waals surface area contributed by atoms with Crippen molar-refractivity contribution in [2.45, 2.75) is 13.0 Å². The van der Waals surface area contributed by atoms with Gasteiger partial charge in [0.1, 0.15) is 11.5 Å². The molecule has 0 saturated heterocycles. The van der Waals surface area contributed by atoms with E-state index in [-0.39, 0.29) is 0 Å². The van der Waals surface area contributed by atoms with Crippen LogP contribution in [0.3, 0.4) is 0 Å². The molecule has 0 atom stereocenters.